The van der Waals surface area contributed by atoms with Gasteiger partial charge in [-0.05, 0) is 13.8 Å². The van der Waals surface area contributed by atoms with Crippen molar-refractivity contribution in [2.45, 2.75) is 13.8 Å². The number of ether oxygens (including phenoxy) is 2. The number of nitrogens with zero attached hydrogens (tertiary/aromatic N) is 3. The van der Waals surface area contributed by atoms with Gasteiger partial charge in [-0.15, -0.1) is 0 Å². The molecule has 1 saturated heterocycles. The molecule has 0 atom stereocenters. The van der Waals surface area contributed by atoms with Gasteiger partial charge in [0.05, 0.1) is 6.61 Å². The summed E-state index contributed by atoms with van der Waals surface area (Å²) in [5.74, 6) is -0.664. The molecule has 154 valence electrons. The van der Waals surface area contributed by atoms with E-state index in [1.807, 2.05) is 30.3 Å². The lowest BCUT2D eigenvalue weighted by molar-refractivity contribution is -0.136. The van der Waals surface area contributed by atoms with Crippen molar-refractivity contribution in [3.05, 3.63) is 41.7 Å². The summed E-state index contributed by atoms with van der Waals surface area (Å²) in [6, 6.07) is 9.13. The molecule has 29 heavy (non-hydrogen) atoms. The summed E-state index contributed by atoms with van der Waals surface area (Å²) in [6.07, 6.45) is -0.387. The predicted molar refractivity (Wildman–Crippen MR) is 102 cm³/mol. The van der Waals surface area contributed by atoms with Crippen LogP contribution < -0.4 is 0 Å². The maximum absolute atomic E-state index is 12.6. The highest BCUT2D eigenvalue weighted by molar-refractivity contribution is 5.98. The predicted octanol–water partition coefficient (Wildman–Crippen LogP) is 2.11. The standard InChI is InChI=1S/C20H23N3O6/c1-3-27-20(26)23-11-9-22(10-12-23)16(24)13-28-19(25)17-14(2)29-21-18(17)15-7-5-4-6-8-15/h4-8H,3,9-13H2,1-2H3. The van der Waals surface area contributed by atoms with Crippen molar-refractivity contribution in [3.63, 3.8) is 0 Å². The van der Waals surface area contributed by atoms with Crippen LogP contribution in [0.2, 0.25) is 0 Å². The quantitative estimate of drug-likeness (QED) is 0.707. The molecule has 0 unspecified atom stereocenters. The first-order chi connectivity index (χ1) is 14.0. The van der Waals surface area contributed by atoms with Crippen molar-refractivity contribution >= 4 is 18.0 Å². The fraction of sp³-hybridized carbons (Fsp3) is 0.400. The fourth-order valence-corrected chi connectivity index (χ4v) is 3.05. The number of piperazine rings is 1. The summed E-state index contributed by atoms with van der Waals surface area (Å²) in [7, 11) is 0. The normalized spacial score (nSPS) is 13.9. The molecule has 1 aromatic heterocycles. The second-order valence-electron chi connectivity index (χ2n) is 6.47. The number of hydrogen-bond acceptors (Lipinski definition) is 7. The lowest BCUT2D eigenvalue weighted by Crippen LogP contribution is -2.51. The van der Waals surface area contributed by atoms with Gasteiger partial charge < -0.3 is 23.8 Å². The summed E-state index contributed by atoms with van der Waals surface area (Å²) in [4.78, 5) is 39.8. The molecule has 0 spiro atoms. The van der Waals surface area contributed by atoms with Gasteiger partial charge in [0.25, 0.3) is 5.91 Å². The van der Waals surface area contributed by atoms with Gasteiger partial charge in [-0.1, -0.05) is 35.5 Å². The molecule has 1 aliphatic rings. The Morgan fingerprint density at radius 2 is 1.69 bits per heavy atom. The average Bonchev–Trinajstić information content (AvgIpc) is 3.14. The zero-order valence-electron chi connectivity index (χ0n) is 16.4. The number of aryl methyl sites for hydroxylation is 1. The third kappa shape index (κ3) is 4.74. The van der Waals surface area contributed by atoms with E-state index in [-0.39, 0.29) is 17.6 Å². The smallest absolute Gasteiger partial charge is 0.409 e. The molecule has 3 rings (SSSR count). The maximum atomic E-state index is 12.6. The van der Waals surface area contributed by atoms with Crippen LogP contribution in [0.3, 0.4) is 0 Å². The van der Waals surface area contributed by atoms with E-state index in [0.717, 1.165) is 5.56 Å². The summed E-state index contributed by atoms with van der Waals surface area (Å²) in [6.45, 7) is 4.74. The van der Waals surface area contributed by atoms with E-state index in [4.69, 9.17) is 14.0 Å². The third-order valence-corrected chi connectivity index (χ3v) is 4.60. The molecule has 2 aromatic rings. The minimum absolute atomic E-state index is 0.205. The van der Waals surface area contributed by atoms with Gasteiger partial charge in [-0.3, -0.25) is 4.79 Å². The van der Waals surface area contributed by atoms with E-state index < -0.39 is 12.6 Å². The van der Waals surface area contributed by atoms with Crippen molar-refractivity contribution in [2.75, 3.05) is 39.4 Å². The molecule has 0 N–H and O–H groups in total. The minimum Gasteiger partial charge on any atom is -0.452 e. The Kier molecular flexibility index (Phi) is 6.48. The molecule has 1 aliphatic heterocycles. The topological polar surface area (TPSA) is 102 Å². The van der Waals surface area contributed by atoms with Crippen LogP contribution >= 0.6 is 0 Å². The Balaban J connectivity index is 1.56. The second kappa shape index (κ2) is 9.22. The molecule has 9 nitrogen and oxygen atoms in total. The largest absolute Gasteiger partial charge is 0.452 e. The Labute approximate surface area is 168 Å². The van der Waals surface area contributed by atoms with Gasteiger partial charge in [0.2, 0.25) is 0 Å². The van der Waals surface area contributed by atoms with Gasteiger partial charge >= 0.3 is 12.1 Å². The van der Waals surface area contributed by atoms with Gasteiger partial charge in [-0.2, -0.15) is 0 Å². The zero-order valence-corrected chi connectivity index (χ0v) is 16.4. The molecular formula is C20H23N3O6. The summed E-state index contributed by atoms with van der Waals surface area (Å²) in [5, 5.41) is 3.94. The molecule has 0 bridgehead atoms. The number of esters is 1. The van der Waals surface area contributed by atoms with Crippen LogP contribution in [0.1, 0.15) is 23.0 Å². The van der Waals surface area contributed by atoms with E-state index in [2.05, 4.69) is 5.16 Å². The Hall–Kier alpha value is -3.36. The van der Waals surface area contributed by atoms with E-state index in [9.17, 15) is 14.4 Å². The summed E-state index contributed by atoms with van der Waals surface area (Å²) < 4.78 is 15.3. The molecule has 0 aliphatic carbocycles. The minimum atomic E-state index is -0.666. The number of hydrogen-bond donors (Lipinski definition) is 0. The highest BCUT2D eigenvalue weighted by atomic mass is 16.6. The lowest BCUT2D eigenvalue weighted by Gasteiger charge is -2.33. The van der Waals surface area contributed by atoms with Crippen LogP contribution in [0, 0.1) is 6.92 Å². The van der Waals surface area contributed by atoms with E-state index >= 15 is 0 Å². The molecule has 0 saturated carbocycles. The highest BCUT2D eigenvalue weighted by Gasteiger charge is 2.27. The first-order valence-electron chi connectivity index (χ1n) is 9.39. The van der Waals surface area contributed by atoms with Crippen LogP contribution in [-0.2, 0) is 14.3 Å². The summed E-state index contributed by atoms with van der Waals surface area (Å²) >= 11 is 0. The number of carbonyl (C=O) groups excluding carboxylic acids is 3. The van der Waals surface area contributed by atoms with Gasteiger partial charge in [0.15, 0.2) is 6.61 Å². The van der Waals surface area contributed by atoms with Crippen LogP contribution in [0.15, 0.2) is 34.9 Å². The number of benzene rings is 1. The van der Waals surface area contributed by atoms with Gasteiger partial charge in [0.1, 0.15) is 17.0 Å². The monoisotopic (exact) mass is 401 g/mol. The molecule has 2 heterocycles. The van der Waals surface area contributed by atoms with Crippen molar-refractivity contribution in [3.8, 4) is 11.3 Å². The van der Waals surface area contributed by atoms with Crippen LogP contribution in [-0.4, -0.2) is 72.3 Å². The third-order valence-electron chi connectivity index (χ3n) is 4.60. The lowest BCUT2D eigenvalue weighted by atomic mass is 10.1. The molecule has 9 heteroatoms. The van der Waals surface area contributed by atoms with Crippen molar-refractivity contribution in [2.24, 2.45) is 0 Å². The number of carbonyl (C=O) groups is 3. The Morgan fingerprint density at radius 3 is 2.34 bits per heavy atom. The van der Waals surface area contributed by atoms with Crippen molar-refractivity contribution in [1.82, 2.24) is 15.0 Å². The van der Waals surface area contributed by atoms with Crippen molar-refractivity contribution < 1.29 is 28.4 Å². The van der Waals surface area contributed by atoms with Crippen LogP contribution in [0.4, 0.5) is 4.79 Å². The first kappa shape index (κ1) is 20.4. The number of aromatic nitrogens is 1. The van der Waals surface area contributed by atoms with E-state index in [1.54, 1.807) is 23.6 Å². The fourth-order valence-electron chi connectivity index (χ4n) is 3.05. The molecule has 1 aromatic carbocycles. The number of rotatable bonds is 5. The first-order valence-corrected chi connectivity index (χ1v) is 9.39. The molecule has 1 fully saturated rings. The van der Waals surface area contributed by atoms with Gasteiger partial charge in [-0.25, -0.2) is 9.59 Å². The Bertz CT molecular complexity index is 872. The summed E-state index contributed by atoms with van der Waals surface area (Å²) in [5.41, 5.74) is 1.30. The van der Waals surface area contributed by atoms with Crippen LogP contribution in [0.5, 0.6) is 0 Å². The van der Waals surface area contributed by atoms with Gasteiger partial charge in [0, 0.05) is 31.7 Å². The number of amides is 2. The van der Waals surface area contributed by atoms with Crippen molar-refractivity contribution in [1.29, 1.82) is 0 Å². The van der Waals surface area contributed by atoms with E-state index in [1.165, 1.54) is 0 Å². The average molecular weight is 401 g/mol. The van der Waals surface area contributed by atoms with E-state index in [0.29, 0.717) is 44.2 Å². The highest BCUT2D eigenvalue weighted by Crippen LogP contribution is 2.25. The zero-order chi connectivity index (χ0) is 20.8. The van der Waals surface area contributed by atoms with Crippen LogP contribution in [0.25, 0.3) is 11.3 Å². The molecule has 0 radical (unpaired) electrons. The SMILES string of the molecule is CCOC(=O)N1CCN(C(=O)COC(=O)c2c(-c3ccccc3)noc2C)CC1. The Morgan fingerprint density at radius 1 is 1.03 bits per heavy atom. The maximum Gasteiger partial charge on any atom is 0.409 e. The second-order valence-corrected chi connectivity index (χ2v) is 6.47. The molecular weight excluding hydrogens is 378 g/mol. The molecule has 2 amide bonds.